The number of nitrogens with zero attached hydrogens (tertiary/aromatic N) is 1. The lowest BCUT2D eigenvalue weighted by Gasteiger charge is -2.40. The van der Waals surface area contributed by atoms with E-state index in [-0.39, 0.29) is 5.82 Å². The van der Waals surface area contributed by atoms with Crippen LogP contribution in [0.5, 0.6) is 0 Å². The molecule has 4 heteroatoms. The molecule has 1 N–H and O–H groups in total. The van der Waals surface area contributed by atoms with Crippen molar-refractivity contribution in [1.29, 1.82) is 0 Å². The molecule has 3 rings (SSSR count). The van der Waals surface area contributed by atoms with Gasteiger partial charge in [0.2, 0.25) is 0 Å². The maximum Gasteiger partial charge on any atom is 0.147 e. The third-order valence-electron chi connectivity index (χ3n) is 4.33. The number of hydrogen-bond donors (Lipinski definition) is 1. The van der Waals surface area contributed by atoms with Crippen molar-refractivity contribution in [1.82, 2.24) is 5.32 Å². The molecule has 2 aliphatic rings. The highest BCUT2D eigenvalue weighted by molar-refractivity contribution is 6.30. The van der Waals surface area contributed by atoms with E-state index < -0.39 is 0 Å². The first-order valence-electron chi connectivity index (χ1n) is 6.59. The molecule has 1 aromatic rings. The van der Waals surface area contributed by atoms with Crippen molar-refractivity contribution in [3.05, 3.63) is 29.0 Å². The van der Waals surface area contributed by atoms with Crippen molar-refractivity contribution in [2.24, 2.45) is 0 Å². The molecule has 2 aliphatic heterocycles. The number of benzene rings is 1. The van der Waals surface area contributed by atoms with Crippen LogP contribution in [0.15, 0.2) is 18.2 Å². The van der Waals surface area contributed by atoms with Gasteiger partial charge >= 0.3 is 0 Å². The van der Waals surface area contributed by atoms with Gasteiger partial charge in [-0.1, -0.05) is 11.6 Å². The minimum absolute atomic E-state index is 0.192. The van der Waals surface area contributed by atoms with Gasteiger partial charge in [0.1, 0.15) is 5.82 Å². The molecule has 1 aromatic carbocycles. The van der Waals surface area contributed by atoms with Crippen LogP contribution < -0.4 is 10.2 Å². The maximum atomic E-state index is 14.0. The quantitative estimate of drug-likeness (QED) is 0.886. The summed E-state index contributed by atoms with van der Waals surface area (Å²) in [6, 6.07) is 6.54. The molecule has 2 bridgehead atoms. The molecule has 2 unspecified atom stereocenters. The first-order valence-corrected chi connectivity index (χ1v) is 6.97. The lowest BCUT2D eigenvalue weighted by atomic mass is 9.96. The number of fused-ring (bicyclic) bond motifs is 2. The van der Waals surface area contributed by atoms with Crippen LogP contribution >= 0.6 is 11.6 Å². The van der Waals surface area contributed by atoms with E-state index in [4.69, 9.17) is 11.6 Å². The van der Waals surface area contributed by atoms with Gasteiger partial charge in [0.05, 0.1) is 5.69 Å². The first-order chi connectivity index (χ1) is 8.69. The molecule has 2 atom stereocenters. The minimum Gasteiger partial charge on any atom is -0.363 e. The summed E-state index contributed by atoms with van der Waals surface area (Å²) in [5.74, 6) is -0.192. The highest BCUT2D eigenvalue weighted by Crippen LogP contribution is 2.40. The van der Waals surface area contributed by atoms with E-state index in [1.807, 2.05) is 13.1 Å². The van der Waals surface area contributed by atoms with E-state index in [2.05, 4.69) is 10.2 Å². The van der Waals surface area contributed by atoms with Crippen molar-refractivity contribution < 1.29 is 4.39 Å². The third kappa shape index (κ3) is 1.99. The van der Waals surface area contributed by atoms with Crippen LogP contribution in [0.1, 0.15) is 25.7 Å². The van der Waals surface area contributed by atoms with Gasteiger partial charge in [0.25, 0.3) is 0 Å². The second-order valence-electron chi connectivity index (χ2n) is 5.35. The van der Waals surface area contributed by atoms with Crippen molar-refractivity contribution in [2.75, 3.05) is 11.9 Å². The Labute approximate surface area is 112 Å². The van der Waals surface area contributed by atoms with Gasteiger partial charge in [-0.05, 0) is 50.9 Å². The zero-order chi connectivity index (χ0) is 12.7. The lowest BCUT2D eigenvalue weighted by molar-refractivity contribution is 0.370. The van der Waals surface area contributed by atoms with Gasteiger partial charge in [0.15, 0.2) is 0 Å². The van der Waals surface area contributed by atoms with E-state index in [1.165, 1.54) is 18.9 Å². The lowest BCUT2D eigenvalue weighted by Crippen LogP contribution is -2.48. The van der Waals surface area contributed by atoms with Crippen LogP contribution in [0.25, 0.3) is 0 Å². The first kappa shape index (κ1) is 12.2. The maximum absolute atomic E-state index is 14.0. The predicted octanol–water partition coefficient (Wildman–Crippen LogP) is 3.20. The molecule has 0 amide bonds. The molecule has 18 heavy (non-hydrogen) atoms. The zero-order valence-electron chi connectivity index (χ0n) is 10.5. The van der Waals surface area contributed by atoms with Gasteiger partial charge < -0.3 is 10.2 Å². The van der Waals surface area contributed by atoms with Crippen LogP contribution in [-0.2, 0) is 0 Å². The molecule has 2 heterocycles. The average molecular weight is 269 g/mol. The van der Waals surface area contributed by atoms with E-state index in [0.29, 0.717) is 23.1 Å². The SMILES string of the molecule is CNC1CC2CCC(C1)N2c1ccc(Cl)cc1F. The number of nitrogens with one attached hydrogen (secondary N) is 1. The molecule has 2 saturated heterocycles. The Hall–Kier alpha value is -0.800. The molecule has 98 valence electrons. The number of piperidine rings is 1. The number of hydrogen-bond acceptors (Lipinski definition) is 2. The summed E-state index contributed by atoms with van der Waals surface area (Å²) in [5.41, 5.74) is 0.724. The normalized spacial score (nSPS) is 30.8. The summed E-state index contributed by atoms with van der Waals surface area (Å²) >= 11 is 5.82. The molecule has 2 fully saturated rings. The average Bonchev–Trinajstić information content (AvgIpc) is 2.60. The zero-order valence-corrected chi connectivity index (χ0v) is 11.3. The van der Waals surface area contributed by atoms with E-state index >= 15 is 0 Å². The molecule has 0 radical (unpaired) electrons. The topological polar surface area (TPSA) is 15.3 Å². The van der Waals surface area contributed by atoms with Gasteiger partial charge in [-0.3, -0.25) is 0 Å². The van der Waals surface area contributed by atoms with Gasteiger partial charge in [-0.25, -0.2) is 4.39 Å². The second kappa shape index (κ2) is 4.71. The monoisotopic (exact) mass is 268 g/mol. The molecular formula is C14H18ClFN2. The molecular weight excluding hydrogens is 251 g/mol. The largest absolute Gasteiger partial charge is 0.363 e. The fourth-order valence-corrected chi connectivity index (χ4v) is 3.66. The van der Waals surface area contributed by atoms with Crippen LogP contribution in [-0.4, -0.2) is 25.2 Å². The fraction of sp³-hybridized carbons (Fsp3) is 0.571. The summed E-state index contributed by atoms with van der Waals surface area (Å²) in [6.07, 6.45) is 4.56. The Bertz CT molecular complexity index is 437. The van der Waals surface area contributed by atoms with Gasteiger partial charge in [-0.15, -0.1) is 0 Å². The second-order valence-corrected chi connectivity index (χ2v) is 5.78. The molecule has 0 aliphatic carbocycles. The van der Waals surface area contributed by atoms with E-state index in [0.717, 1.165) is 18.5 Å². The number of rotatable bonds is 2. The number of anilines is 1. The highest BCUT2D eigenvalue weighted by Gasteiger charge is 2.41. The van der Waals surface area contributed by atoms with Crippen LogP contribution in [0.3, 0.4) is 0 Å². The Balaban J connectivity index is 1.89. The van der Waals surface area contributed by atoms with Crippen molar-refractivity contribution in [3.63, 3.8) is 0 Å². The van der Waals surface area contributed by atoms with Gasteiger partial charge in [0, 0.05) is 23.1 Å². The summed E-state index contributed by atoms with van der Waals surface area (Å²) in [4.78, 5) is 2.28. The van der Waals surface area contributed by atoms with E-state index in [1.54, 1.807) is 6.07 Å². The Morgan fingerprint density at radius 1 is 1.28 bits per heavy atom. The van der Waals surface area contributed by atoms with Crippen LogP contribution in [0, 0.1) is 5.82 Å². The predicted molar refractivity (Wildman–Crippen MR) is 72.8 cm³/mol. The summed E-state index contributed by atoms with van der Waals surface area (Å²) in [5, 5.41) is 3.83. The standard InChI is InChI=1S/C14H18ClFN2/c1-17-10-7-11-3-4-12(8-10)18(11)14-5-2-9(15)6-13(14)16/h2,5-6,10-12,17H,3-4,7-8H2,1H3. The van der Waals surface area contributed by atoms with Crippen molar-refractivity contribution >= 4 is 17.3 Å². The summed E-state index contributed by atoms with van der Waals surface area (Å²) in [6.45, 7) is 0. The van der Waals surface area contributed by atoms with Crippen molar-refractivity contribution in [3.8, 4) is 0 Å². The fourth-order valence-electron chi connectivity index (χ4n) is 3.50. The van der Waals surface area contributed by atoms with E-state index in [9.17, 15) is 4.39 Å². The van der Waals surface area contributed by atoms with Gasteiger partial charge in [-0.2, -0.15) is 0 Å². The molecule has 0 saturated carbocycles. The Morgan fingerprint density at radius 3 is 2.50 bits per heavy atom. The molecule has 0 aromatic heterocycles. The summed E-state index contributed by atoms with van der Waals surface area (Å²) < 4.78 is 14.0. The summed E-state index contributed by atoms with van der Waals surface area (Å²) in [7, 11) is 2.02. The minimum atomic E-state index is -0.192. The van der Waals surface area contributed by atoms with Crippen molar-refractivity contribution in [2.45, 2.75) is 43.8 Å². The Kier molecular flexibility index (Phi) is 3.20. The smallest absolute Gasteiger partial charge is 0.147 e. The van der Waals surface area contributed by atoms with Crippen LogP contribution in [0.4, 0.5) is 10.1 Å². The molecule has 0 spiro atoms. The number of halogens is 2. The Morgan fingerprint density at radius 2 is 1.94 bits per heavy atom. The highest BCUT2D eigenvalue weighted by atomic mass is 35.5. The molecule has 2 nitrogen and oxygen atoms in total. The van der Waals surface area contributed by atoms with Crippen LogP contribution in [0.2, 0.25) is 5.02 Å². The third-order valence-corrected chi connectivity index (χ3v) is 4.56.